The first-order valence-electron chi connectivity index (χ1n) is 4.07. The Kier molecular flexibility index (Phi) is 6.13. The number of nitrogens with zero attached hydrogens (tertiary/aromatic N) is 1. The summed E-state index contributed by atoms with van der Waals surface area (Å²) in [6, 6.07) is 8.02. The van der Waals surface area contributed by atoms with Gasteiger partial charge in [-0.2, -0.15) is 0 Å². The van der Waals surface area contributed by atoms with Crippen LogP contribution in [0.2, 0.25) is 5.02 Å². The minimum Gasteiger partial charge on any atom is -0.309 e. The molecule has 0 radical (unpaired) electrons. The standard InChI is InChI=1S/C10H14ClN.ClH/c1-12(2)7-6-9-4-3-5-10(11)8-9;/h3-5,8H,6-7H2,1-2H3;1H. The third-order valence-corrected chi connectivity index (χ3v) is 1.97. The molecule has 1 nitrogen and oxygen atoms in total. The number of hydrogen-bond donors (Lipinski definition) is 0. The maximum atomic E-state index is 5.85. The Morgan fingerprint density at radius 3 is 2.54 bits per heavy atom. The van der Waals surface area contributed by atoms with Gasteiger partial charge in [0.05, 0.1) is 0 Å². The summed E-state index contributed by atoms with van der Waals surface area (Å²) in [6.45, 7) is 1.07. The van der Waals surface area contributed by atoms with Gasteiger partial charge >= 0.3 is 0 Å². The maximum absolute atomic E-state index is 5.85. The van der Waals surface area contributed by atoms with Crippen LogP contribution in [0.15, 0.2) is 24.3 Å². The SMILES string of the molecule is CN(C)CCc1cccc(Cl)c1.Cl. The number of rotatable bonds is 3. The summed E-state index contributed by atoms with van der Waals surface area (Å²) in [5.41, 5.74) is 1.30. The van der Waals surface area contributed by atoms with Crippen LogP contribution in [0.25, 0.3) is 0 Å². The summed E-state index contributed by atoms with van der Waals surface area (Å²) >= 11 is 5.85. The minimum atomic E-state index is 0. The van der Waals surface area contributed by atoms with E-state index in [1.54, 1.807) is 0 Å². The van der Waals surface area contributed by atoms with E-state index >= 15 is 0 Å². The van der Waals surface area contributed by atoms with Crippen LogP contribution in [-0.2, 0) is 6.42 Å². The summed E-state index contributed by atoms with van der Waals surface area (Å²) in [6.07, 6.45) is 1.06. The van der Waals surface area contributed by atoms with Gasteiger partial charge in [0.1, 0.15) is 0 Å². The Labute approximate surface area is 91.1 Å². The summed E-state index contributed by atoms with van der Waals surface area (Å²) in [7, 11) is 4.15. The second-order valence-electron chi connectivity index (χ2n) is 3.18. The molecule has 0 aliphatic carbocycles. The molecule has 0 spiro atoms. The minimum absolute atomic E-state index is 0. The summed E-state index contributed by atoms with van der Waals surface area (Å²) in [5.74, 6) is 0. The van der Waals surface area contributed by atoms with Gasteiger partial charge in [-0.15, -0.1) is 12.4 Å². The molecule has 0 fully saturated rings. The Bertz CT molecular complexity index is 248. The lowest BCUT2D eigenvalue weighted by molar-refractivity contribution is 0.413. The van der Waals surface area contributed by atoms with Crippen molar-refractivity contribution in [2.45, 2.75) is 6.42 Å². The van der Waals surface area contributed by atoms with Gasteiger partial charge in [-0.1, -0.05) is 23.7 Å². The van der Waals surface area contributed by atoms with Crippen LogP contribution >= 0.6 is 24.0 Å². The predicted molar refractivity (Wildman–Crippen MR) is 61.0 cm³/mol. The first kappa shape index (κ1) is 12.8. The molecule has 0 saturated carbocycles. The zero-order valence-electron chi connectivity index (χ0n) is 7.96. The summed E-state index contributed by atoms with van der Waals surface area (Å²) in [4.78, 5) is 2.17. The van der Waals surface area contributed by atoms with E-state index < -0.39 is 0 Å². The number of hydrogen-bond acceptors (Lipinski definition) is 1. The molecule has 0 aliphatic heterocycles. The fraction of sp³-hybridized carbons (Fsp3) is 0.400. The molecule has 0 N–H and O–H groups in total. The van der Waals surface area contributed by atoms with Crippen molar-refractivity contribution in [3.8, 4) is 0 Å². The maximum Gasteiger partial charge on any atom is 0.0408 e. The van der Waals surface area contributed by atoms with Crippen LogP contribution in [0, 0.1) is 0 Å². The van der Waals surface area contributed by atoms with Gasteiger partial charge < -0.3 is 4.90 Å². The molecule has 1 rings (SSSR count). The second-order valence-corrected chi connectivity index (χ2v) is 3.62. The van der Waals surface area contributed by atoms with Gasteiger partial charge in [0.25, 0.3) is 0 Å². The van der Waals surface area contributed by atoms with Crippen LogP contribution < -0.4 is 0 Å². The average molecular weight is 220 g/mol. The summed E-state index contributed by atoms with van der Waals surface area (Å²) in [5, 5.41) is 0.825. The molecule has 1 aromatic rings. The monoisotopic (exact) mass is 219 g/mol. The Morgan fingerprint density at radius 2 is 2.00 bits per heavy atom. The van der Waals surface area contributed by atoms with Crippen LogP contribution in [0.4, 0.5) is 0 Å². The Morgan fingerprint density at radius 1 is 1.31 bits per heavy atom. The molecule has 0 heterocycles. The highest BCUT2D eigenvalue weighted by molar-refractivity contribution is 6.30. The van der Waals surface area contributed by atoms with Crippen molar-refractivity contribution in [2.24, 2.45) is 0 Å². The molecule has 0 aromatic heterocycles. The van der Waals surface area contributed by atoms with Crippen molar-refractivity contribution < 1.29 is 0 Å². The lowest BCUT2D eigenvalue weighted by Gasteiger charge is -2.08. The molecule has 13 heavy (non-hydrogen) atoms. The highest BCUT2D eigenvalue weighted by Crippen LogP contribution is 2.10. The highest BCUT2D eigenvalue weighted by Gasteiger charge is 1.94. The van der Waals surface area contributed by atoms with Gasteiger partial charge in [0, 0.05) is 11.6 Å². The van der Waals surface area contributed by atoms with E-state index in [4.69, 9.17) is 11.6 Å². The molecule has 1 aromatic carbocycles. The van der Waals surface area contributed by atoms with Crippen molar-refractivity contribution in [1.29, 1.82) is 0 Å². The molecule has 74 valence electrons. The van der Waals surface area contributed by atoms with Crippen LogP contribution in [-0.4, -0.2) is 25.5 Å². The van der Waals surface area contributed by atoms with Crippen molar-refractivity contribution in [3.63, 3.8) is 0 Å². The quantitative estimate of drug-likeness (QED) is 0.757. The number of likely N-dealkylation sites (N-methyl/N-ethyl adjacent to an activating group) is 1. The topological polar surface area (TPSA) is 3.24 Å². The van der Waals surface area contributed by atoms with Gasteiger partial charge in [-0.05, 0) is 38.2 Å². The van der Waals surface area contributed by atoms with Gasteiger partial charge in [0.15, 0.2) is 0 Å². The zero-order valence-corrected chi connectivity index (χ0v) is 9.53. The molecule has 0 saturated heterocycles. The van der Waals surface area contributed by atoms with Crippen molar-refractivity contribution in [2.75, 3.05) is 20.6 Å². The first-order chi connectivity index (χ1) is 5.68. The largest absolute Gasteiger partial charge is 0.309 e. The normalized spacial score (nSPS) is 9.85. The van der Waals surface area contributed by atoms with Crippen molar-refractivity contribution in [1.82, 2.24) is 4.90 Å². The van der Waals surface area contributed by atoms with Gasteiger partial charge in [-0.25, -0.2) is 0 Å². The van der Waals surface area contributed by atoms with E-state index in [2.05, 4.69) is 25.1 Å². The Balaban J connectivity index is 0.00000144. The van der Waals surface area contributed by atoms with Gasteiger partial charge in [-0.3, -0.25) is 0 Å². The third-order valence-electron chi connectivity index (χ3n) is 1.74. The van der Waals surface area contributed by atoms with Crippen LogP contribution in [0.3, 0.4) is 0 Å². The van der Waals surface area contributed by atoms with E-state index in [-0.39, 0.29) is 12.4 Å². The van der Waals surface area contributed by atoms with Crippen molar-refractivity contribution >= 4 is 24.0 Å². The molecule has 0 amide bonds. The van der Waals surface area contributed by atoms with E-state index in [1.807, 2.05) is 18.2 Å². The number of benzene rings is 1. The first-order valence-corrected chi connectivity index (χ1v) is 4.45. The van der Waals surface area contributed by atoms with E-state index in [0.717, 1.165) is 18.0 Å². The smallest absolute Gasteiger partial charge is 0.0408 e. The predicted octanol–water partition coefficient (Wildman–Crippen LogP) is 2.87. The lowest BCUT2D eigenvalue weighted by atomic mass is 10.1. The van der Waals surface area contributed by atoms with Crippen LogP contribution in [0.5, 0.6) is 0 Å². The van der Waals surface area contributed by atoms with Gasteiger partial charge in [0.2, 0.25) is 0 Å². The van der Waals surface area contributed by atoms with Crippen molar-refractivity contribution in [3.05, 3.63) is 34.9 Å². The Hall–Kier alpha value is -0.240. The fourth-order valence-corrected chi connectivity index (χ4v) is 1.26. The molecule has 0 unspecified atom stereocenters. The fourth-order valence-electron chi connectivity index (χ4n) is 1.05. The van der Waals surface area contributed by atoms with E-state index in [9.17, 15) is 0 Å². The average Bonchev–Trinajstić information content (AvgIpc) is 2.01. The highest BCUT2D eigenvalue weighted by atomic mass is 35.5. The van der Waals surface area contributed by atoms with Crippen LogP contribution in [0.1, 0.15) is 5.56 Å². The van der Waals surface area contributed by atoms with E-state index in [0.29, 0.717) is 0 Å². The zero-order chi connectivity index (χ0) is 8.97. The van der Waals surface area contributed by atoms with E-state index in [1.165, 1.54) is 5.56 Å². The third kappa shape index (κ3) is 5.14. The lowest BCUT2D eigenvalue weighted by Crippen LogP contribution is -2.14. The summed E-state index contributed by atoms with van der Waals surface area (Å²) < 4.78 is 0. The molecule has 0 aliphatic rings. The number of halogens is 2. The molecule has 0 bridgehead atoms. The molecular weight excluding hydrogens is 205 g/mol. The second kappa shape index (κ2) is 6.25. The molecule has 0 atom stereocenters. The molecule has 3 heteroatoms. The molecular formula is C10H15Cl2N.